The van der Waals surface area contributed by atoms with E-state index in [1.54, 1.807) is 0 Å². The Morgan fingerprint density at radius 3 is 2.95 bits per heavy atom. The fraction of sp³-hybridized carbons (Fsp3) is 0.533. The molecule has 0 spiro atoms. The van der Waals surface area contributed by atoms with E-state index in [1.165, 1.54) is 11.8 Å². The lowest BCUT2D eigenvalue weighted by Crippen LogP contribution is -2.49. The number of nitrogens with zero attached hydrogens (tertiary/aromatic N) is 1. The van der Waals surface area contributed by atoms with Crippen molar-refractivity contribution in [1.82, 2.24) is 4.90 Å². The lowest BCUT2D eigenvalue weighted by atomic mass is 9.92. The molecule has 1 fully saturated rings. The molecule has 5 heteroatoms. The molecule has 2 unspecified atom stereocenters. The Balaban J connectivity index is 1.93. The van der Waals surface area contributed by atoms with Crippen LogP contribution in [0.1, 0.15) is 19.8 Å². The number of benzene rings is 1. The molecule has 1 saturated heterocycles. The van der Waals surface area contributed by atoms with Gasteiger partial charge >= 0.3 is 0 Å². The van der Waals surface area contributed by atoms with E-state index < -0.39 is 0 Å². The number of amides is 1. The molecule has 2 N–H and O–H groups in total. The molecular weight excluding hydrogens is 292 g/mol. The first-order chi connectivity index (χ1) is 9.61. The van der Waals surface area contributed by atoms with Crippen molar-refractivity contribution in [2.75, 3.05) is 18.8 Å². The Kier molecular flexibility index (Phi) is 5.75. The van der Waals surface area contributed by atoms with Crippen LogP contribution in [0.5, 0.6) is 0 Å². The molecule has 1 aliphatic heterocycles. The quantitative estimate of drug-likeness (QED) is 0.869. The molecule has 0 saturated carbocycles. The van der Waals surface area contributed by atoms with Gasteiger partial charge in [-0.15, -0.1) is 11.8 Å². The highest BCUT2D eigenvalue weighted by molar-refractivity contribution is 8.00. The van der Waals surface area contributed by atoms with Crippen LogP contribution >= 0.6 is 23.4 Å². The van der Waals surface area contributed by atoms with E-state index in [2.05, 4.69) is 6.92 Å². The Hall–Kier alpha value is -0.710. The molecule has 2 atom stereocenters. The van der Waals surface area contributed by atoms with Crippen LogP contribution in [0, 0.1) is 5.92 Å². The zero-order chi connectivity index (χ0) is 14.5. The van der Waals surface area contributed by atoms with Gasteiger partial charge in [-0.3, -0.25) is 4.79 Å². The van der Waals surface area contributed by atoms with E-state index in [0.29, 0.717) is 23.2 Å². The van der Waals surface area contributed by atoms with E-state index in [1.807, 2.05) is 29.2 Å². The number of carbonyl (C=O) groups is 1. The second kappa shape index (κ2) is 7.34. The van der Waals surface area contributed by atoms with Crippen molar-refractivity contribution in [3.05, 3.63) is 29.3 Å². The minimum Gasteiger partial charge on any atom is -0.338 e. The van der Waals surface area contributed by atoms with Crippen molar-refractivity contribution in [2.24, 2.45) is 11.7 Å². The molecule has 1 amide bonds. The largest absolute Gasteiger partial charge is 0.338 e. The summed E-state index contributed by atoms with van der Waals surface area (Å²) in [6.45, 7) is 3.60. The minimum absolute atomic E-state index is 0.164. The van der Waals surface area contributed by atoms with Crippen LogP contribution in [0.2, 0.25) is 5.02 Å². The number of hydrogen-bond donors (Lipinski definition) is 1. The van der Waals surface area contributed by atoms with Gasteiger partial charge in [0.25, 0.3) is 0 Å². The van der Waals surface area contributed by atoms with E-state index in [0.717, 1.165) is 24.3 Å². The zero-order valence-electron chi connectivity index (χ0n) is 11.7. The SMILES string of the molecule is CC1CCN(C(=O)CSc2ccccc2Cl)C(CN)C1. The average molecular weight is 313 g/mol. The molecule has 0 aliphatic carbocycles. The van der Waals surface area contributed by atoms with Crippen molar-refractivity contribution in [3.8, 4) is 0 Å². The normalized spacial score (nSPS) is 22.9. The van der Waals surface area contributed by atoms with Crippen molar-refractivity contribution < 1.29 is 4.79 Å². The number of rotatable bonds is 4. The second-order valence-electron chi connectivity index (χ2n) is 5.33. The first kappa shape index (κ1) is 15.7. The molecular formula is C15H21ClN2OS. The molecule has 0 aromatic heterocycles. The van der Waals surface area contributed by atoms with Crippen LogP contribution < -0.4 is 5.73 Å². The van der Waals surface area contributed by atoms with Gasteiger partial charge < -0.3 is 10.6 Å². The van der Waals surface area contributed by atoms with Gasteiger partial charge in [0.15, 0.2) is 0 Å². The summed E-state index contributed by atoms with van der Waals surface area (Å²) >= 11 is 7.60. The lowest BCUT2D eigenvalue weighted by molar-refractivity contribution is -0.132. The summed E-state index contributed by atoms with van der Waals surface area (Å²) < 4.78 is 0. The maximum absolute atomic E-state index is 12.4. The van der Waals surface area contributed by atoms with E-state index in [-0.39, 0.29) is 11.9 Å². The fourth-order valence-corrected chi connectivity index (χ4v) is 3.71. The summed E-state index contributed by atoms with van der Waals surface area (Å²) in [4.78, 5) is 15.3. The van der Waals surface area contributed by atoms with E-state index >= 15 is 0 Å². The summed E-state index contributed by atoms with van der Waals surface area (Å²) in [6, 6.07) is 7.81. The van der Waals surface area contributed by atoms with E-state index in [9.17, 15) is 4.79 Å². The number of nitrogens with two attached hydrogens (primary N) is 1. The smallest absolute Gasteiger partial charge is 0.233 e. The standard InChI is InChI=1S/C15H21ClN2OS/c1-11-6-7-18(12(8-11)9-17)15(19)10-20-14-5-3-2-4-13(14)16/h2-5,11-12H,6-10,17H2,1H3. The Labute approximate surface area is 129 Å². The molecule has 1 aromatic rings. The van der Waals surface area contributed by atoms with Crippen LogP contribution in [-0.4, -0.2) is 35.7 Å². The predicted octanol–water partition coefficient (Wildman–Crippen LogP) is 3.02. The Morgan fingerprint density at radius 2 is 2.25 bits per heavy atom. The summed E-state index contributed by atoms with van der Waals surface area (Å²) in [5.74, 6) is 1.25. The lowest BCUT2D eigenvalue weighted by Gasteiger charge is -2.38. The van der Waals surface area contributed by atoms with Gasteiger partial charge in [0.1, 0.15) is 0 Å². The number of likely N-dealkylation sites (tertiary alicyclic amines) is 1. The number of halogens is 1. The van der Waals surface area contributed by atoms with Crippen molar-refractivity contribution in [1.29, 1.82) is 0 Å². The van der Waals surface area contributed by atoms with Crippen molar-refractivity contribution in [3.63, 3.8) is 0 Å². The number of hydrogen-bond acceptors (Lipinski definition) is 3. The monoisotopic (exact) mass is 312 g/mol. The van der Waals surface area contributed by atoms with Crippen LogP contribution in [0.25, 0.3) is 0 Å². The first-order valence-corrected chi connectivity index (χ1v) is 8.35. The predicted molar refractivity (Wildman–Crippen MR) is 85.1 cm³/mol. The molecule has 1 aromatic carbocycles. The third kappa shape index (κ3) is 3.90. The molecule has 2 rings (SSSR count). The van der Waals surface area contributed by atoms with Crippen molar-refractivity contribution in [2.45, 2.75) is 30.7 Å². The number of carbonyl (C=O) groups excluding carboxylic acids is 1. The number of thioether (sulfide) groups is 1. The van der Waals surface area contributed by atoms with Crippen LogP contribution in [0.4, 0.5) is 0 Å². The summed E-state index contributed by atoms with van der Waals surface area (Å²) in [5, 5.41) is 0.702. The van der Waals surface area contributed by atoms with Gasteiger partial charge in [0.2, 0.25) is 5.91 Å². The second-order valence-corrected chi connectivity index (χ2v) is 6.75. The highest BCUT2D eigenvalue weighted by atomic mass is 35.5. The Bertz CT molecular complexity index is 469. The molecule has 110 valence electrons. The fourth-order valence-electron chi connectivity index (χ4n) is 2.59. The van der Waals surface area contributed by atoms with Crippen molar-refractivity contribution >= 4 is 29.3 Å². The molecule has 3 nitrogen and oxygen atoms in total. The summed E-state index contributed by atoms with van der Waals surface area (Å²) in [5.41, 5.74) is 5.80. The van der Waals surface area contributed by atoms with Crippen LogP contribution in [0.3, 0.4) is 0 Å². The topological polar surface area (TPSA) is 46.3 Å². The maximum Gasteiger partial charge on any atom is 0.233 e. The highest BCUT2D eigenvalue weighted by Crippen LogP contribution is 2.28. The van der Waals surface area contributed by atoms with Gasteiger partial charge in [-0.25, -0.2) is 0 Å². The highest BCUT2D eigenvalue weighted by Gasteiger charge is 2.28. The third-order valence-corrected chi connectivity index (χ3v) is 5.26. The van der Waals surface area contributed by atoms with Crippen LogP contribution in [-0.2, 0) is 4.79 Å². The first-order valence-electron chi connectivity index (χ1n) is 6.98. The minimum atomic E-state index is 0.164. The average Bonchev–Trinajstić information content (AvgIpc) is 2.46. The Morgan fingerprint density at radius 1 is 1.50 bits per heavy atom. The third-order valence-electron chi connectivity index (χ3n) is 3.76. The molecule has 1 heterocycles. The molecule has 0 radical (unpaired) electrons. The summed E-state index contributed by atoms with van der Waals surface area (Å²) in [6.07, 6.45) is 2.08. The summed E-state index contributed by atoms with van der Waals surface area (Å²) in [7, 11) is 0. The molecule has 0 bridgehead atoms. The van der Waals surface area contributed by atoms with E-state index in [4.69, 9.17) is 17.3 Å². The molecule has 1 aliphatic rings. The van der Waals surface area contributed by atoms with Gasteiger partial charge in [0.05, 0.1) is 10.8 Å². The molecule has 20 heavy (non-hydrogen) atoms. The van der Waals surface area contributed by atoms with Crippen LogP contribution in [0.15, 0.2) is 29.2 Å². The van der Waals surface area contributed by atoms with Gasteiger partial charge in [-0.05, 0) is 30.9 Å². The van der Waals surface area contributed by atoms with Gasteiger partial charge in [0, 0.05) is 24.0 Å². The van der Waals surface area contributed by atoms with Gasteiger partial charge in [-0.1, -0.05) is 30.7 Å². The number of piperidine rings is 1. The maximum atomic E-state index is 12.4. The zero-order valence-corrected chi connectivity index (χ0v) is 13.3. The van der Waals surface area contributed by atoms with Gasteiger partial charge in [-0.2, -0.15) is 0 Å².